The molecule has 1 aliphatic rings. The number of H-pyrrole nitrogens is 1. The zero-order valence-electron chi connectivity index (χ0n) is 15.9. The lowest BCUT2D eigenvalue weighted by Crippen LogP contribution is -2.42. The van der Waals surface area contributed by atoms with E-state index in [1.54, 1.807) is 11.0 Å². The highest BCUT2D eigenvalue weighted by atomic mass is 19.1. The molecule has 6 heteroatoms. The Kier molecular flexibility index (Phi) is 6.04. The fourth-order valence-corrected chi connectivity index (χ4v) is 3.57. The van der Waals surface area contributed by atoms with Gasteiger partial charge in [0.25, 0.3) is 11.5 Å². The molecule has 2 aromatic rings. The minimum Gasteiger partial charge on any atom is -0.338 e. The number of piperidine rings is 1. The van der Waals surface area contributed by atoms with Crippen LogP contribution >= 0.6 is 0 Å². The number of hydrogen-bond donors (Lipinski definition) is 1. The van der Waals surface area contributed by atoms with Crippen LogP contribution in [0.25, 0.3) is 0 Å². The predicted molar refractivity (Wildman–Crippen MR) is 102 cm³/mol. The van der Waals surface area contributed by atoms with E-state index in [-0.39, 0.29) is 28.8 Å². The van der Waals surface area contributed by atoms with Gasteiger partial charge in [0.05, 0.1) is 0 Å². The van der Waals surface area contributed by atoms with E-state index in [1.807, 2.05) is 26.0 Å². The first-order valence-corrected chi connectivity index (χ1v) is 9.57. The zero-order valence-corrected chi connectivity index (χ0v) is 15.9. The van der Waals surface area contributed by atoms with Gasteiger partial charge >= 0.3 is 0 Å². The minimum absolute atomic E-state index is 0.0918. The Morgan fingerprint density at radius 2 is 2.15 bits per heavy atom. The van der Waals surface area contributed by atoms with Crippen LogP contribution in [0, 0.1) is 11.7 Å². The molecule has 0 unspecified atom stereocenters. The minimum atomic E-state index is -0.382. The van der Waals surface area contributed by atoms with Crippen LogP contribution in [0.5, 0.6) is 0 Å². The molecule has 1 aromatic heterocycles. The van der Waals surface area contributed by atoms with Gasteiger partial charge in [-0.3, -0.25) is 9.59 Å². The Bertz CT molecular complexity index is 863. The number of carbonyl (C=O) groups is 1. The Balaban J connectivity index is 1.64. The number of nitrogens with zero attached hydrogens (tertiary/aromatic N) is 2. The average molecular weight is 371 g/mol. The lowest BCUT2D eigenvalue weighted by Gasteiger charge is -2.32. The molecule has 1 aliphatic heterocycles. The quantitative estimate of drug-likeness (QED) is 0.875. The molecule has 0 aliphatic carbocycles. The highest BCUT2D eigenvalue weighted by molar-refractivity contribution is 5.93. The molecular formula is C21H26FN3O2. The Morgan fingerprint density at radius 1 is 1.37 bits per heavy atom. The molecule has 1 fully saturated rings. The van der Waals surface area contributed by atoms with Crippen molar-refractivity contribution >= 4 is 5.91 Å². The van der Waals surface area contributed by atoms with E-state index in [4.69, 9.17) is 0 Å². The molecule has 1 saturated heterocycles. The summed E-state index contributed by atoms with van der Waals surface area (Å²) in [6.07, 6.45) is 4.78. The molecule has 1 N–H and O–H groups in total. The van der Waals surface area contributed by atoms with Gasteiger partial charge in [0.15, 0.2) is 0 Å². The number of benzene rings is 1. The number of aryl methyl sites for hydroxylation is 1. The number of likely N-dealkylation sites (tertiary alicyclic amines) is 1. The third-order valence-corrected chi connectivity index (χ3v) is 5.18. The monoisotopic (exact) mass is 371 g/mol. The molecule has 0 spiro atoms. The summed E-state index contributed by atoms with van der Waals surface area (Å²) in [5.41, 5.74) is 0.423. The normalized spacial score (nSPS) is 17.3. The molecule has 144 valence electrons. The van der Waals surface area contributed by atoms with Crippen LogP contribution in [-0.2, 0) is 6.42 Å². The van der Waals surface area contributed by atoms with Crippen molar-refractivity contribution in [2.24, 2.45) is 5.92 Å². The summed E-state index contributed by atoms with van der Waals surface area (Å²) < 4.78 is 13.8. The van der Waals surface area contributed by atoms with Crippen LogP contribution in [0.15, 0.2) is 35.3 Å². The molecule has 0 saturated carbocycles. The van der Waals surface area contributed by atoms with Crippen LogP contribution in [0.4, 0.5) is 4.39 Å². The van der Waals surface area contributed by atoms with Gasteiger partial charge in [-0.1, -0.05) is 32.0 Å². The van der Waals surface area contributed by atoms with Gasteiger partial charge in [-0.25, -0.2) is 9.37 Å². The van der Waals surface area contributed by atoms with Gasteiger partial charge in [0.2, 0.25) is 0 Å². The molecule has 27 heavy (non-hydrogen) atoms. The van der Waals surface area contributed by atoms with Gasteiger partial charge in [0.1, 0.15) is 17.2 Å². The highest BCUT2D eigenvalue weighted by Crippen LogP contribution is 2.23. The van der Waals surface area contributed by atoms with Crippen molar-refractivity contribution in [3.05, 3.63) is 63.6 Å². The van der Waals surface area contributed by atoms with Gasteiger partial charge in [-0.15, -0.1) is 0 Å². The molecule has 5 nitrogen and oxygen atoms in total. The largest absolute Gasteiger partial charge is 0.338 e. The predicted octanol–water partition coefficient (Wildman–Crippen LogP) is 3.52. The van der Waals surface area contributed by atoms with Crippen molar-refractivity contribution < 1.29 is 9.18 Å². The highest BCUT2D eigenvalue weighted by Gasteiger charge is 2.26. The van der Waals surface area contributed by atoms with E-state index < -0.39 is 0 Å². The van der Waals surface area contributed by atoms with E-state index >= 15 is 0 Å². The standard InChI is InChI=1S/C21H26FN3O2/c1-14(2)19-23-12-17(20(26)24-19)21(27)25-11-5-6-15(13-25)9-10-16-7-3-4-8-18(16)22/h3-4,7-8,12,14-15H,5-6,9-11,13H2,1-2H3,(H,23,24,26)/t15-/m0/s1. The molecule has 2 heterocycles. The number of carbonyl (C=O) groups excluding carboxylic acids is 1. The second kappa shape index (κ2) is 8.46. The average Bonchev–Trinajstić information content (AvgIpc) is 2.67. The molecule has 3 rings (SSSR count). The second-order valence-corrected chi connectivity index (χ2v) is 7.56. The number of halogens is 1. The number of nitrogens with one attached hydrogen (secondary N) is 1. The first-order chi connectivity index (χ1) is 13.0. The van der Waals surface area contributed by atoms with Crippen LogP contribution < -0.4 is 5.56 Å². The molecule has 0 radical (unpaired) electrons. The SMILES string of the molecule is CC(C)c1ncc(C(=O)N2CCC[C@@H](CCc3ccccc3F)C2)c(=O)[nH]1. The van der Waals surface area contributed by atoms with Gasteiger partial charge in [-0.05, 0) is 43.2 Å². The van der Waals surface area contributed by atoms with Crippen molar-refractivity contribution in [2.75, 3.05) is 13.1 Å². The lowest BCUT2D eigenvalue weighted by atomic mass is 9.91. The van der Waals surface area contributed by atoms with Gasteiger partial charge < -0.3 is 9.88 Å². The Labute approximate surface area is 158 Å². The van der Waals surface area contributed by atoms with Gasteiger partial charge in [-0.2, -0.15) is 0 Å². The van der Waals surface area contributed by atoms with E-state index in [2.05, 4.69) is 9.97 Å². The summed E-state index contributed by atoms with van der Waals surface area (Å²) in [5, 5.41) is 0. The second-order valence-electron chi connectivity index (χ2n) is 7.56. The van der Waals surface area contributed by atoms with Crippen molar-refractivity contribution in [3.8, 4) is 0 Å². The molecule has 1 atom stereocenters. The molecular weight excluding hydrogens is 345 g/mol. The van der Waals surface area contributed by atoms with Crippen molar-refractivity contribution in [2.45, 2.75) is 45.4 Å². The van der Waals surface area contributed by atoms with Crippen molar-refractivity contribution in [1.29, 1.82) is 0 Å². The number of hydrogen-bond acceptors (Lipinski definition) is 3. The van der Waals surface area contributed by atoms with E-state index in [0.717, 1.165) is 19.3 Å². The lowest BCUT2D eigenvalue weighted by molar-refractivity contribution is 0.0665. The van der Waals surface area contributed by atoms with Crippen molar-refractivity contribution in [1.82, 2.24) is 14.9 Å². The van der Waals surface area contributed by atoms with Gasteiger partial charge in [0, 0.05) is 25.2 Å². The Hall–Kier alpha value is -2.50. The summed E-state index contributed by atoms with van der Waals surface area (Å²) in [5.74, 6) is 0.542. The number of amides is 1. The zero-order chi connectivity index (χ0) is 19.4. The molecule has 0 bridgehead atoms. The smallest absolute Gasteiger partial charge is 0.263 e. The summed E-state index contributed by atoms with van der Waals surface area (Å²) >= 11 is 0. The first-order valence-electron chi connectivity index (χ1n) is 9.57. The van der Waals surface area contributed by atoms with E-state index in [1.165, 1.54) is 12.3 Å². The number of aromatic amines is 1. The maximum absolute atomic E-state index is 13.8. The number of rotatable bonds is 5. The first kappa shape index (κ1) is 19.3. The summed E-state index contributed by atoms with van der Waals surface area (Å²) in [7, 11) is 0. The summed E-state index contributed by atoms with van der Waals surface area (Å²) in [6, 6.07) is 6.82. The molecule has 1 amide bonds. The third-order valence-electron chi connectivity index (χ3n) is 5.18. The van der Waals surface area contributed by atoms with Crippen LogP contribution in [0.1, 0.15) is 60.8 Å². The topological polar surface area (TPSA) is 66.1 Å². The van der Waals surface area contributed by atoms with Crippen LogP contribution in [0.3, 0.4) is 0 Å². The van der Waals surface area contributed by atoms with Crippen LogP contribution in [-0.4, -0.2) is 33.9 Å². The fraction of sp³-hybridized carbons (Fsp3) is 0.476. The van der Waals surface area contributed by atoms with E-state index in [0.29, 0.717) is 36.8 Å². The maximum atomic E-state index is 13.8. The summed E-state index contributed by atoms with van der Waals surface area (Å²) in [4.78, 5) is 33.7. The maximum Gasteiger partial charge on any atom is 0.263 e. The third kappa shape index (κ3) is 4.62. The summed E-state index contributed by atoms with van der Waals surface area (Å²) in [6.45, 7) is 5.11. The van der Waals surface area contributed by atoms with Crippen LogP contribution in [0.2, 0.25) is 0 Å². The Morgan fingerprint density at radius 3 is 2.85 bits per heavy atom. The number of aromatic nitrogens is 2. The molecule has 1 aromatic carbocycles. The van der Waals surface area contributed by atoms with E-state index in [9.17, 15) is 14.0 Å². The van der Waals surface area contributed by atoms with Crippen molar-refractivity contribution in [3.63, 3.8) is 0 Å². The fourth-order valence-electron chi connectivity index (χ4n) is 3.57.